The maximum absolute atomic E-state index is 10.9. The Balaban J connectivity index is -0.000000249. The minimum Gasteiger partial charge on any atom is -0.652 e. The van der Waals surface area contributed by atoms with Crippen molar-refractivity contribution in [3.05, 3.63) is 35.9 Å². The summed E-state index contributed by atoms with van der Waals surface area (Å²) in [5.74, 6) is 0.0339. The van der Waals surface area contributed by atoms with Crippen LogP contribution in [-0.4, -0.2) is 17.8 Å². The van der Waals surface area contributed by atoms with Gasteiger partial charge in [0.25, 0.3) is 0 Å². The average Bonchev–Trinajstić information content (AvgIpc) is 2.17. The Hall–Kier alpha value is 0.450. The second-order valence-corrected chi connectivity index (χ2v) is 2.44. The first-order valence-electron chi connectivity index (χ1n) is 3.60. The minimum absolute atomic E-state index is 0. The van der Waals surface area contributed by atoms with Crippen molar-refractivity contribution >= 4 is 23.5 Å². The van der Waals surface area contributed by atoms with Crippen molar-refractivity contribution in [3.63, 3.8) is 0 Å². The molecule has 0 unspecified atom stereocenters. The Morgan fingerprint density at radius 2 is 1.44 bits per heavy atom. The molecule has 1 rings (SSSR count). The fourth-order valence-corrected chi connectivity index (χ4v) is 0.856. The number of hydrogen-bond donors (Lipinski definition) is 0. The van der Waals surface area contributed by atoms with Crippen LogP contribution < -0.4 is 69.3 Å². The Bertz CT molecular complexity index is 302. The van der Waals surface area contributed by atoms with Gasteiger partial charge in [0.1, 0.15) is 0 Å². The molecule has 0 bridgehead atoms. The molecule has 0 aromatic heterocycles. The number of Topliss-reactive ketones (excluding diaryl/α,β-unsaturated/α-hetero) is 1. The number of carbonyl (C=O) groups excluding carboxylic acids is 2. The van der Waals surface area contributed by atoms with Gasteiger partial charge in [-0.3, -0.25) is 4.79 Å². The van der Waals surface area contributed by atoms with Gasteiger partial charge in [-0.2, -0.15) is 0 Å². The quantitative estimate of drug-likeness (QED) is 0.301. The molecule has 1 aromatic rings. The first-order valence-corrected chi connectivity index (χ1v) is 4.13. The van der Waals surface area contributed by atoms with Crippen molar-refractivity contribution < 1.29 is 78.9 Å². The molecule has 7 heteroatoms. The average molecular weight is 261 g/mol. The summed E-state index contributed by atoms with van der Waals surface area (Å²) in [6.45, 7) is 0. The van der Waals surface area contributed by atoms with E-state index in [0.717, 1.165) is 0 Å². The van der Waals surface area contributed by atoms with Crippen LogP contribution >= 0.6 is 11.6 Å². The Morgan fingerprint density at radius 1 is 1.06 bits per heavy atom. The first kappa shape index (κ1) is 21.7. The zero-order valence-corrected chi connectivity index (χ0v) is 13.9. The number of rotatable bonds is 2. The van der Waals surface area contributed by atoms with E-state index in [2.05, 4.69) is 0 Å². The molecule has 16 heavy (non-hydrogen) atoms. The van der Waals surface area contributed by atoms with Crippen LogP contribution in [0.5, 0.6) is 0 Å². The Morgan fingerprint density at radius 3 is 1.75 bits per heavy atom. The van der Waals surface area contributed by atoms with Crippen molar-refractivity contribution in [2.24, 2.45) is 0 Å². The molecule has 0 aliphatic heterocycles. The fraction of sp³-hybridized carbons (Fsp3) is 0.111. The number of alkyl halides is 1. The van der Waals surface area contributed by atoms with E-state index in [1.54, 1.807) is 12.1 Å². The molecule has 0 atom stereocenters. The third-order valence-electron chi connectivity index (χ3n) is 1.22. The molecule has 0 saturated carbocycles. The van der Waals surface area contributed by atoms with Crippen molar-refractivity contribution in [3.8, 4) is 0 Å². The van der Waals surface area contributed by atoms with Gasteiger partial charge in [-0.25, -0.2) is 0 Å². The van der Waals surface area contributed by atoms with E-state index in [-0.39, 0.29) is 70.8 Å². The van der Waals surface area contributed by atoms with Crippen LogP contribution in [0.4, 0.5) is 4.79 Å². The number of carbonyl (C=O) groups is 2. The molecule has 0 radical (unpaired) electrons. The summed E-state index contributed by atoms with van der Waals surface area (Å²) in [5, 5.41) is 16.7. The monoisotopic (exact) mass is 260 g/mol. The zero-order chi connectivity index (χ0) is 11.0. The summed E-state index contributed by atoms with van der Waals surface area (Å²) in [7, 11) is 0. The molecule has 0 saturated heterocycles. The molecular weight excluding hydrogens is 254 g/mol. The van der Waals surface area contributed by atoms with Crippen LogP contribution in [0.2, 0.25) is 0 Å². The van der Waals surface area contributed by atoms with E-state index in [1.165, 1.54) is 0 Å². The molecule has 0 spiro atoms. The maximum atomic E-state index is 10.9. The van der Waals surface area contributed by atoms with Crippen molar-refractivity contribution in [1.29, 1.82) is 0 Å². The van der Waals surface area contributed by atoms with Gasteiger partial charge in [-0.1, -0.05) is 30.3 Å². The molecule has 0 N–H and O–H groups in total. The summed E-state index contributed by atoms with van der Waals surface area (Å²) >= 11 is 5.34. The topological polar surface area (TPSA) is 80.3 Å². The summed E-state index contributed by atoms with van der Waals surface area (Å²) in [5.41, 5.74) is 0.678. The molecule has 0 fully saturated rings. The molecule has 0 aliphatic carbocycles. The van der Waals surface area contributed by atoms with E-state index in [0.29, 0.717) is 5.56 Å². The Kier molecular flexibility index (Phi) is 18.3. The predicted octanol–water partition coefficient (Wildman–Crippen LogP) is -6.33. The molecule has 0 aliphatic rings. The molecule has 0 amide bonds. The second-order valence-electron chi connectivity index (χ2n) is 2.17. The largest absolute Gasteiger partial charge is 1.00 e. The molecular formula is C9H7ClNa2O4. The minimum atomic E-state index is -2.33. The van der Waals surface area contributed by atoms with E-state index in [9.17, 15) is 4.79 Å². The van der Waals surface area contributed by atoms with E-state index in [1.807, 2.05) is 18.2 Å². The molecule has 76 valence electrons. The van der Waals surface area contributed by atoms with Crippen LogP contribution in [0, 0.1) is 0 Å². The van der Waals surface area contributed by atoms with Gasteiger partial charge in [-0.15, -0.1) is 11.6 Å². The third-order valence-corrected chi connectivity index (χ3v) is 1.46. The summed E-state index contributed by atoms with van der Waals surface area (Å²) in [6.07, 6.45) is -2.33. The van der Waals surface area contributed by atoms with Crippen LogP contribution in [0.3, 0.4) is 0 Å². The van der Waals surface area contributed by atoms with Gasteiger partial charge < -0.3 is 15.0 Å². The molecule has 1 aromatic carbocycles. The number of ketones is 1. The summed E-state index contributed by atoms with van der Waals surface area (Å²) < 4.78 is 0. The van der Waals surface area contributed by atoms with Gasteiger partial charge >= 0.3 is 59.1 Å². The van der Waals surface area contributed by atoms with Crippen LogP contribution in [0.1, 0.15) is 10.4 Å². The number of carboxylic acid groups (broad SMARTS) is 2. The molecule has 4 nitrogen and oxygen atoms in total. The van der Waals surface area contributed by atoms with Crippen molar-refractivity contribution in [1.82, 2.24) is 0 Å². The Labute approximate surface area is 143 Å². The van der Waals surface area contributed by atoms with Crippen LogP contribution in [-0.2, 0) is 0 Å². The first-order chi connectivity index (χ1) is 6.57. The van der Waals surface area contributed by atoms with Gasteiger partial charge in [0.15, 0.2) is 5.78 Å². The van der Waals surface area contributed by atoms with Crippen LogP contribution in [0.15, 0.2) is 30.3 Å². The predicted molar refractivity (Wildman–Crippen MR) is 46.9 cm³/mol. The van der Waals surface area contributed by atoms with Gasteiger partial charge in [0.2, 0.25) is 0 Å². The molecule has 0 heterocycles. The van der Waals surface area contributed by atoms with Gasteiger partial charge in [0.05, 0.1) is 5.88 Å². The standard InChI is InChI=1S/C8H7ClO.CH2O3.2Na/c9-6-8(10)7-4-2-1-3-5-7;2-1(3)4;;/h1-5H,6H2;(H2,2,3,4);;/q;;2*+1/p-2. The smallest absolute Gasteiger partial charge is 0.652 e. The maximum Gasteiger partial charge on any atom is 1.00 e. The normalized spacial score (nSPS) is 7.31. The fourth-order valence-electron chi connectivity index (χ4n) is 0.701. The number of hydrogen-bond acceptors (Lipinski definition) is 4. The van der Waals surface area contributed by atoms with Crippen molar-refractivity contribution in [2.45, 2.75) is 0 Å². The summed E-state index contributed by atoms with van der Waals surface area (Å²) in [4.78, 5) is 19.2. The van der Waals surface area contributed by atoms with Gasteiger partial charge in [-0.05, 0) is 6.16 Å². The third kappa shape index (κ3) is 12.5. The summed E-state index contributed by atoms with van der Waals surface area (Å²) in [6, 6.07) is 9.01. The zero-order valence-electron chi connectivity index (χ0n) is 9.10. The van der Waals surface area contributed by atoms with E-state index >= 15 is 0 Å². The number of halogens is 1. The number of benzene rings is 1. The SMILES string of the molecule is O=C(CCl)c1ccccc1.O=C([O-])[O-].[Na+].[Na+]. The van der Waals surface area contributed by atoms with Gasteiger partial charge in [0, 0.05) is 5.56 Å². The van der Waals surface area contributed by atoms with Crippen LogP contribution in [0.25, 0.3) is 0 Å². The van der Waals surface area contributed by atoms with Crippen molar-refractivity contribution in [2.75, 3.05) is 5.88 Å². The van der Waals surface area contributed by atoms with E-state index < -0.39 is 6.16 Å². The van der Waals surface area contributed by atoms with E-state index in [4.69, 9.17) is 26.6 Å². The second kappa shape index (κ2) is 13.5.